The number of nitrogen functional groups attached to an aromatic ring is 1. The Morgan fingerprint density at radius 2 is 2.04 bits per heavy atom. The molecule has 3 rings (SSSR count). The van der Waals surface area contributed by atoms with Crippen LogP contribution in [0.2, 0.25) is 0 Å². The van der Waals surface area contributed by atoms with Gasteiger partial charge in [-0.3, -0.25) is 4.98 Å². The normalized spacial score (nSPS) is 17.6. The van der Waals surface area contributed by atoms with Crippen LogP contribution in [0.5, 0.6) is 0 Å². The molecule has 0 spiro atoms. The molecule has 126 valence electrons. The van der Waals surface area contributed by atoms with Crippen molar-refractivity contribution in [2.75, 3.05) is 35.6 Å². The van der Waals surface area contributed by atoms with Crippen molar-refractivity contribution in [3.63, 3.8) is 0 Å². The summed E-state index contributed by atoms with van der Waals surface area (Å²) in [5.74, 6) is 1.35. The van der Waals surface area contributed by atoms with Crippen molar-refractivity contribution in [1.82, 2.24) is 14.9 Å². The lowest BCUT2D eigenvalue weighted by Gasteiger charge is -2.39. The summed E-state index contributed by atoms with van der Waals surface area (Å²) in [6, 6.07) is 7.38. The number of anilines is 4. The molecule has 0 unspecified atom stereocenters. The molecule has 0 radical (unpaired) electrons. The van der Waals surface area contributed by atoms with E-state index in [2.05, 4.69) is 20.2 Å². The fraction of sp³-hybridized carbons (Fsp3) is 0.312. The van der Waals surface area contributed by atoms with Crippen molar-refractivity contribution >= 4 is 29.1 Å². The molecule has 1 aliphatic heterocycles. The third-order valence-electron chi connectivity index (χ3n) is 4.05. The lowest BCUT2D eigenvalue weighted by atomic mass is 10.2. The number of aromatic nitrogens is 2. The van der Waals surface area contributed by atoms with Crippen molar-refractivity contribution in [1.29, 1.82) is 0 Å². The van der Waals surface area contributed by atoms with Crippen LogP contribution >= 0.6 is 0 Å². The molecule has 1 amide bonds. The second kappa shape index (κ2) is 6.61. The van der Waals surface area contributed by atoms with Crippen molar-refractivity contribution in [2.24, 2.45) is 0 Å². The molecular weight excluding hydrogens is 308 g/mol. The minimum atomic E-state index is -0.883. The summed E-state index contributed by atoms with van der Waals surface area (Å²) in [5, 5.41) is 12.3. The first kappa shape index (κ1) is 15.9. The monoisotopic (exact) mass is 328 g/mol. The van der Waals surface area contributed by atoms with Crippen molar-refractivity contribution < 1.29 is 9.90 Å². The number of carboxylic acid groups (broad SMARTS) is 1. The maximum atomic E-state index is 11.1. The van der Waals surface area contributed by atoms with E-state index >= 15 is 0 Å². The van der Waals surface area contributed by atoms with E-state index in [1.165, 1.54) is 4.90 Å². The number of nitrogens with zero attached hydrogens (tertiary/aromatic N) is 4. The van der Waals surface area contributed by atoms with Crippen LogP contribution in [-0.4, -0.2) is 51.7 Å². The van der Waals surface area contributed by atoms with Gasteiger partial charge in [0, 0.05) is 43.8 Å². The SMILES string of the molecule is C[C@@H]1CN(C(=O)O)CCN1c1ccc(N)c(Nc2ccncc2)n1. The molecule has 8 nitrogen and oxygen atoms in total. The topological polar surface area (TPSA) is 108 Å². The summed E-state index contributed by atoms with van der Waals surface area (Å²) in [5.41, 5.74) is 7.42. The Labute approximate surface area is 139 Å². The van der Waals surface area contributed by atoms with Gasteiger partial charge in [-0.25, -0.2) is 9.78 Å². The van der Waals surface area contributed by atoms with Gasteiger partial charge >= 0.3 is 6.09 Å². The highest BCUT2D eigenvalue weighted by atomic mass is 16.4. The minimum absolute atomic E-state index is 0.0414. The van der Waals surface area contributed by atoms with Gasteiger partial charge in [0.05, 0.1) is 5.69 Å². The van der Waals surface area contributed by atoms with Gasteiger partial charge in [0.2, 0.25) is 0 Å². The quantitative estimate of drug-likeness (QED) is 0.790. The van der Waals surface area contributed by atoms with Crippen LogP contribution in [0.4, 0.5) is 27.8 Å². The third kappa shape index (κ3) is 3.32. The summed E-state index contributed by atoms with van der Waals surface area (Å²) < 4.78 is 0. The fourth-order valence-corrected chi connectivity index (χ4v) is 2.76. The number of amides is 1. The van der Waals surface area contributed by atoms with E-state index in [9.17, 15) is 4.79 Å². The van der Waals surface area contributed by atoms with Crippen LogP contribution in [0.3, 0.4) is 0 Å². The molecule has 0 bridgehead atoms. The summed E-state index contributed by atoms with van der Waals surface area (Å²) >= 11 is 0. The number of carbonyl (C=O) groups is 1. The predicted octanol–water partition coefficient (Wildman–Crippen LogP) is 1.99. The number of nitrogens with two attached hydrogens (primary N) is 1. The number of pyridine rings is 2. The first-order valence-corrected chi connectivity index (χ1v) is 7.72. The van der Waals surface area contributed by atoms with Crippen molar-refractivity contribution in [3.8, 4) is 0 Å². The zero-order valence-electron chi connectivity index (χ0n) is 13.4. The van der Waals surface area contributed by atoms with Crippen LogP contribution in [0.15, 0.2) is 36.7 Å². The zero-order valence-corrected chi connectivity index (χ0v) is 13.4. The Hall–Kier alpha value is -3.03. The minimum Gasteiger partial charge on any atom is -0.465 e. The zero-order chi connectivity index (χ0) is 17.1. The molecule has 1 aliphatic rings. The third-order valence-corrected chi connectivity index (χ3v) is 4.05. The molecule has 3 heterocycles. The standard InChI is InChI=1S/C16H20N6O2/c1-11-10-21(16(23)24)8-9-22(11)14-3-2-13(17)15(20-14)19-12-4-6-18-7-5-12/h2-7,11H,8-10,17H2,1H3,(H,23,24)(H,18,19,20)/t11-/m1/s1. The molecule has 1 atom stereocenters. The molecule has 0 aliphatic carbocycles. The molecule has 1 saturated heterocycles. The maximum Gasteiger partial charge on any atom is 0.407 e. The predicted molar refractivity (Wildman–Crippen MR) is 92.6 cm³/mol. The van der Waals surface area contributed by atoms with Gasteiger partial charge in [0.1, 0.15) is 5.82 Å². The number of piperazine rings is 1. The summed E-state index contributed by atoms with van der Waals surface area (Å²) in [6.45, 7) is 3.50. The van der Waals surface area contributed by atoms with Gasteiger partial charge in [-0.1, -0.05) is 0 Å². The Bertz CT molecular complexity index is 724. The fourth-order valence-electron chi connectivity index (χ4n) is 2.76. The summed E-state index contributed by atoms with van der Waals surface area (Å²) in [4.78, 5) is 23.2. The van der Waals surface area contributed by atoms with Crippen molar-refractivity contribution in [3.05, 3.63) is 36.7 Å². The van der Waals surface area contributed by atoms with Crippen LogP contribution in [0.25, 0.3) is 0 Å². The highest BCUT2D eigenvalue weighted by Gasteiger charge is 2.27. The van der Waals surface area contributed by atoms with Gasteiger partial charge in [-0.05, 0) is 31.2 Å². The van der Waals surface area contributed by atoms with Gasteiger partial charge in [-0.15, -0.1) is 0 Å². The number of rotatable bonds is 3. The van der Waals surface area contributed by atoms with Gasteiger partial charge in [-0.2, -0.15) is 0 Å². The average Bonchev–Trinajstić information content (AvgIpc) is 2.58. The lowest BCUT2D eigenvalue weighted by Crippen LogP contribution is -2.53. The molecule has 4 N–H and O–H groups in total. The molecule has 2 aromatic rings. The summed E-state index contributed by atoms with van der Waals surface area (Å²) in [7, 11) is 0. The van der Waals surface area contributed by atoms with Gasteiger partial charge in [0.25, 0.3) is 0 Å². The highest BCUT2D eigenvalue weighted by Crippen LogP contribution is 2.26. The molecule has 2 aromatic heterocycles. The average molecular weight is 328 g/mol. The largest absolute Gasteiger partial charge is 0.465 e. The second-order valence-corrected chi connectivity index (χ2v) is 5.74. The van der Waals surface area contributed by atoms with E-state index in [-0.39, 0.29) is 6.04 Å². The van der Waals surface area contributed by atoms with Crippen LogP contribution in [0.1, 0.15) is 6.92 Å². The molecule has 24 heavy (non-hydrogen) atoms. The summed E-state index contributed by atoms with van der Waals surface area (Å²) in [6.07, 6.45) is 2.50. The van der Waals surface area contributed by atoms with Gasteiger partial charge in [0.15, 0.2) is 5.82 Å². The van der Waals surface area contributed by atoms with Gasteiger partial charge < -0.3 is 26.0 Å². The van der Waals surface area contributed by atoms with Crippen LogP contribution < -0.4 is 16.0 Å². The Balaban J connectivity index is 1.80. The molecular formula is C16H20N6O2. The smallest absolute Gasteiger partial charge is 0.407 e. The maximum absolute atomic E-state index is 11.1. The Kier molecular flexibility index (Phi) is 4.37. The van der Waals surface area contributed by atoms with E-state index in [4.69, 9.17) is 10.8 Å². The van der Waals surface area contributed by atoms with E-state index < -0.39 is 6.09 Å². The molecule has 0 aromatic carbocycles. The van der Waals surface area contributed by atoms with E-state index in [1.807, 2.05) is 31.2 Å². The first-order valence-electron chi connectivity index (χ1n) is 7.72. The number of hydrogen-bond donors (Lipinski definition) is 3. The Morgan fingerprint density at radius 1 is 1.29 bits per heavy atom. The van der Waals surface area contributed by atoms with Crippen LogP contribution in [-0.2, 0) is 0 Å². The Morgan fingerprint density at radius 3 is 2.71 bits per heavy atom. The highest BCUT2D eigenvalue weighted by molar-refractivity contribution is 5.71. The van der Waals surface area contributed by atoms with Crippen molar-refractivity contribution in [2.45, 2.75) is 13.0 Å². The number of nitrogens with one attached hydrogen (secondary N) is 1. The molecule has 1 fully saturated rings. The number of hydrogen-bond acceptors (Lipinski definition) is 6. The lowest BCUT2D eigenvalue weighted by molar-refractivity contribution is 0.136. The van der Waals surface area contributed by atoms with E-state index in [0.717, 1.165) is 11.5 Å². The molecule has 8 heteroatoms. The first-order chi connectivity index (χ1) is 11.5. The molecule has 0 saturated carbocycles. The van der Waals surface area contributed by atoms with E-state index in [0.29, 0.717) is 31.1 Å². The second-order valence-electron chi connectivity index (χ2n) is 5.74. The van der Waals surface area contributed by atoms with Crippen LogP contribution in [0, 0.1) is 0 Å². The van der Waals surface area contributed by atoms with E-state index in [1.54, 1.807) is 12.4 Å².